The monoisotopic (exact) mass is 490 g/mol. The van der Waals surface area contributed by atoms with Crippen LogP contribution in [0.15, 0.2) is 48.7 Å². The van der Waals surface area contributed by atoms with E-state index < -0.39 is 12.1 Å². The predicted octanol–water partition coefficient (Wildman–Crippen LogP) is 3.62. The molecule has 1 amide bonds. The molecule has 0 saturated carbocycles. The van der Waals surface area contributed by atoms with E-state index in [1.165, 1.54) is 10.9 Å². The number of amides is 1. The van der Waals surface area contributed by atoms with Crippen molar-refractivity contribution in [3.8, 4) is 11.8 Å². The number of carbonyl (C=O) groups is 1. The molecule has 3 aromatic rings. The molecule has 184 valence electrons. The number of anilines is 1. The van der Waals surface area contributed by atoms with Crippen LogP contribution in [0.2, 0.25) is 0 Å². The van der Waals surface area contributed by atoms with Crippen molar-refractivity contribution in [2.45, 2.75) is 45.4 Å². The third kappa shape index (κ3) is 5.84. The van der Waals surface area contributed by atoms with Crippen LogP contribution in [0.1, 0.15) is 35.3 Å². The molecule has 2 heterocycles. The molecular weight excluding hydrogens is 456 g/mol. The SMILES string of the molecule is CC#CCNC[C@@H](O)[C@H](Cc1ccccc1)NC(=O)c1cc2c3c(cn(CC)c3c1)CCSN2C. The zero-order valence-corrected chi connectivity index (χ0v) is 21.5. The number of hydrogen-bond acceptors (Lipinski definition) is 5. The fourth-order valence-corrected chi connectivity index (χ4v) is 5.47. The van der Waals surface area contributed by atoms with Crippen LogP contribution >= 0.6 is 11.9 Å². The van der Waals surface area contributed by atoms with Gasteiger partial charge in [0, 0.05) is 43.0 Å². The molecule has 7 heteroatoms. The largest absolute Gasteiger partial charge is 0.390 e. The summed E-state index contributed by atoms with van der Waals surface area (Å²) in [5, 5.41) is 18.5. The molecule has 2 atom stereocenters. The van der Waals surface area contributed by atoms with E-state index in [1.54, 1.807) is 18.9 Å². The molecule has 4 rings (SSSR count). The topological polar surface area (TPSA) is 69.5 Å². The second-order valence-electron chi connectivity index (χ2n) is 8.81. The Balaban J connectivity index is 1.62. The van der Waals surface area contributed by atoms with Crippen molar-refractivity contribution < 1.29 is 9.90 Å². The number of rotatable bonds is 9. The highest BCUT2D eigenvalue weighted by molar-refractivity contribution is 8.00. The van der Waals surface area contributed by atoms with Gasteiger partial charge in [-0.3, -0.25) is 4.79 Å². The number of aryl methyl sites for hydroxylation is 2. The van der Waals surface area contributed by atoms with E-state index >= 15 is 0 Å². The molecule has 1 aliphatic heterocycles. The Morgan fingerprint density at radius 2 is 2.06 bits per heavy atom. The van der Waals surface area contributed by atoms with E-state index in [1.807, 2.05) is 42.5 Å². The number of aliphatic hydroxyl groups excluding tert-OH is 1. The second-order valence-corrected chi connectivity index (χ2v) is 10.0. The summed E-state index contributed by atoms with van der Waals surface area (Å²) in [4.78, 5) is 13.6. The normalized spacial score (nSPS) is 14.7. The third-order valence-corrected chi connectivity index (χ3v) is 7.43. The van der Waals surface area contributed by atoms with Gasteiger partial charge in [0.15, 0.2) is 0 Å². The van der Waals surface area contributed by atoms with Gasteiger partial charge in [-0.15, -0.1) is 5.92 Å². The van der Waals surface area contributed by atoms with Crippen molar-refractivity contribution >= 4 is 34.4 Å². The smallest absolute Gasteiger partial charge is 0.251 e. The van der Waals surface area contributed by atoms with Crippen molar-refractivity contribution in [1.82, 2.24) is 15.2 Å². The van der Waals surface area contributed by atoms with Crippen LogP contribution in [0.5, 0.6) is 0 Å². The molecule has 3 N–H and O–H groups in total. The van der Waals surface area contributed by atoms with Crippen LogP contribution in [0.3, 0.4) is 0 Å². The number of benzene rings is 2. The molecule has 0 aliphatic carbocycles. The molecule has 0 fully saturated rings. The van der Waals surface area contributed by atoms with Gasteiger partial charge in [-0.05, 0) is 61.9 Å². The zero-order chi connectivity index (χ0) is 24.8. The summed E-state index contributed by atoms with van der Waals surface area (Å²) in [6.07, 6.45) is 3.02. The van der Waals surface area contributed by atoms with E-state index in [0.29, 0.717) is 25.1 Å². The van der Waals surface area contributed by atoms with Crippen LogP contribution in [-0.4, -0.2) is 53.6 Å². The maximum Gasteiger partial charge on any atom is 0.251 e. The summed E-state index contributed by atoms with van der Waals surface area (Å²) in [5.41, 5.74) is 5.15. The van der Waals surface area contributed by atoms with Crippen LogP contribution < -0.4 is 14.9 Å². The van der Waals surface area contributed by atoms with E-state index in [4.69, 9.17) is 0 Å². The Bertz CT molecular complexity index is 1230. The van der Waals surface area contributed by atoms with Crippen LogP contribution in [0, 0.1) is 11.8 Å². The lowest BCUT2D eigenvalue weighted by molar-refractivity contribution is 0.0833. The molecular formula is C28H34N4O2S. The molecule has 6 nitrogen and oxygen atoms in total. The van der Waals surface area contributed by atoms with Gasteiger partial charge in [-0.25, -0.2) is 0 Å². The van der Waals surface area contributed by atoms with Crippen LogP contribution in [0.4, 0.5) is 5.69 Å². The third-order valence-electron chi connectivity index (χ3n) is 6.46. The summed E-state index contributed by atoms with van der Waals surface area (Å²) in [6.45, 7) is 5.61. The van der Waals surface area contributed by atoms with Crippen molar-refractivity contribution in [1.29, 1.82) is 0 Å². The van der Waals surface area contributed by atoms with Gasteiger partial charge in [-0.1, -0.05) is 36.3 Å². The maximum atomic E-state index is 13.6. The van der Waals surface area contributed by atoms with E-state index in [0.717, 1.165) is 35.5 Å². The Morgan fingerprint density at radius 1 is 1.26 bits per heavy atom. The molecule has 1 aromatic heterocycles. The minimum Gasteiger partial charge on any atom is -0.390 e. The summed E-state index contributed by atoms with van der Waals surface area (Å²) >= 11 is 1.77. The number of hydrogen-bond donors (Lipinski definition) is 3. The first-order chi connectivity index (χ1) is 17.0. The Kier molecular flexibility index (Phi) is 8.40. The summed E-state index contributed by atoms with van der Waals surface area (Å²) in [7, 11) is 2.06. The van der Waals surface area contributed by atoms with Gasteiger partial charge < -0.3 is 24.6 Å². The van der Waals surface area contributed by atoms with Crippen molar-refractivity contribution in [2.75, 3.05) is 30.2 Å². The van der Waals surface area contributed by atoms with E-state index in [2.05, 4.69) is 51.5 Å². The van der Waals surface area contributed by atoms with Gasteiger partial charge in [0.05, 0.1) is 29.9 Å². The highest BCUT2D eigenvalue weighted by atomic mass is 32.2. The standard InChI is InChI=1S/C28H34N4O2S/c1-4-6-13-29-18-26(33)23(15-20-10-8-7-9-11-20)30-28(34)22-16-24-27-21(12-14-35-31(24)3)19-32(5-2)25(27)17-22/h7-11,16-17,19,23,26,29,33H,5,12-15,18H2,1-3H3,(H,30,34)/t23-,26+/m0/s1. The highest BCUT2D eigenvalue weighted by Gasteiger charge is 2.25. The first kappa shape index (κ1) is 25.2. The van der Waals surface area contributed by atoms with Gasteiger partial charge in [0.1, 0.15) is 0 Å². The van der Waals surface area contributed by atoms with Crippen LogP contribution in [0.25, 0.3) is 10.9 Å². The lowest BCUT2D eigenvalue weighted by atomic mass is 10.00. The average molecular weight is 491 g/mol. The Morgan fingerprint density at radius 3 is 2.80 bits per heavy atom. The Labute approximate surface area is 212 Å². The molecule has 0 radical (unpaired) electrons. The lowest BCUT2D eigenvalue weighted by Gasteiger charge is -2.25. The summed E-state index contributed by atoms with van der Waals surface area (Å²) in [5.74, 6) is 6.62. The van der Waals surface area contributed by atoms with Gasteiger partial charge in [-0.2, -0.15) is 0 Å². The molecule has 35 heavy (non-hydrogen) atoms. The quantitative estimate of drug-likeness (QED) is 0.243. The van der Waals surface area contributed by atoms with Crippen molar-refractivity contribution in [3.63, 3.8) is 0 Å². The predicted molar refractivity (Wildman–Crippen MR) is 146 cm³/mol. The van der Waals surface area contributed by atoms with Crippen molar-refractivity contribution in [2.24, 2.45) is 0 Å². The number of nitrogens with one attached hydrogen (secondary N) is 2. The molecule has 0 bridgehead atoms. The molecule has 2 aromatic carbocycles. The molecule has 0 unspecified atom stereocenters. The average Bonchev–Trinajstić information content (AvgIpc) is 3.15. The minimum absolute atomic E-state index is 0.176. The van der Waals surface area contributed by atoms with Crippen molar-refractivity contribution in [3.05, 3.63) is 65.4 Å². The number of carbonyl (C=O) groups excluding carboxylic acids is 1. The molecule has 1 aliphatic rings. The fourth-order valence-electron chi connectivity index (χ4n) is 4.60. The number of aromatic nitrogens is 1. The number of nitrogens with zero attached hydrogens (tertiary/aromatic N) is 2. The first-order valence-corrected chi connectivity index (χ1v) is 13.1. The summed E-state index contributed by atoms with van der Waals surface area (Å²) < 4.78 is 4.40. The first-order valence-electron chi connectivity index (χ1n) is 12.2. The second kappa shape index (κ2) is 11.7. The van der Waals surface area contributed by atoms with Gasteiger partial charge in [0.2, 0.25) is 0 Å². The van der Waals surface area contributed by atoms with Crippen LogP contribution in [-0.2, 0) is 19.4 Å². The molecule has 0 spiro atoms. The minimum atomic E-state index is -0.757. The van der Waals surface area contributed by atoms with Gasteiger partial charge in [0.25, 0.3) is 5.91 Å². The van der Waals surface area contributed by atoms with E-state index in [-0.39, 0.29) is 5.91 Å². The number of aliphatic hydroxyl groups is 1. The lowest BCUT2D eigenvalue weighted by Crippen LogP contribution is -2.48. The Hall–Kier alpha value is -2.92. The maximum absolute atomic E-state index is 13.6. The van der Waals surface area contributed by atoms with Gasteiger partial charge >= 0.3 is 0 Å². The summed E-state index contributed by atoms with van der Waals surface area (Å²) in [6, 6.07) is 13.5. The zero-order valence-electron chi connectivity index (χ0n) is 20.7. The molecule has 0 saturated heterocycles. The highest BCUT2D eigenvalue weighted by Crippen LogP contribution is 2.38. The fraction of sp³-hybridized carbons (Fsp3) is 0.393. The van der Waals surface area contributed by atoms with E-state index in [9.17, 15) is 9.90 Å².